The van der Waals surface area contributed by atoms with Gasteiger partial charge in [-0.2, -0.15) is 0 Å². The second kappa shape index (κ2) is 3.58. The molecule has 0 aromatic rings. The second-order valence-electron chi connectivity index (χ2n) is 6.61. The van der Waals surface area contributed by atoms with Gasteiger partial charge in [0, 0.05) is 23.8 Å². The van der Waals surface area contributed by atoms with Crippen molar-refractivity contribution >= 4 is 5.97 Å². The van der Waals surface area contributed by atoms with Crippen LogP contribution in [0.5, 0.6) is 0 Å². The molecule has 0 saturated heterocycles. The summed E-state index contributed by atoms with van der Waals surface area (Å²) in [5, 5.41) is 20.8. The monoisotopic (exact) mass is 252 g/mol. The number of carbonyl (C=O) groups is 1. The van der Waals surface area contributed by atoms with Crippen molar-refractivity contribution in [3.8, 4) is 0 Å². The van der Waals surface area contributed by atoms with Crippen LogP contribution in [0.25, 0.3) is 0 Å². The molecule has 0 aromatic carbocycles. The van der Waals surface area contributed by atoms with E-state index >= 15 is 0 Å². The van der Waals surface area contributed by atoms with Gasteiger partial charge in [0.1, 0.15) is 6.10 Å². The molecule has 0 radical (unpaired) electrons. The lowest BCUT2D eigenvalue weighted by Gasteiger charge is -2.60. The third-order valence-electron chi connectivity index (χ3n) is 4.75. The fourth-order valence-corrected chi connectivity index (χ4v) is 4.43. The molecule has 0 heterocycles. The summed E-state index contributed by atoms with van der Waals surface area (Å²) in [5.74, 6) is -0.180. The number of esters is 1. The smallest absolute Gasteiger partial charge is 0.333 e. The summed E-state index contributed by atoms with van der Waals surface area (Å²) in [4.78, 5) is 11.6. The van der Waals surface area contributed by atoms with Crippen molar-refractivity contribution in [1.82, 2.24) is 0 Å². The first-order chi connectivity index (χ1) is 8.30. The van der Waals surface area contributed by atoms with Gasteiger partial charge in [0.15, 0.2) is 0 Å². The Labute approximate surface area is 107 Å². The van der Waals surface area contributed by atoms with Gasteiger partial charge in [0.05, 0.1) is 11.2 Å². The summed E-state index contributed by atoms with van der Waals surface area (Å²) < 4.78 is 5.52. The average Bonchev–Trinajstić information content (AvgIpc) is 2.19. The first kappa shape index (κ1) is 12.2. The van der Waals surface area contributed by atoms with Gasteiger partial charge in [-0.15, -0.1) is 0 Å². The van der Waals surface area contributed by atoms with Crippen molar-refractivity contribution in [2.45, 2.75) is 56.3 Å². The Kier molecular flexibility index (Phi) is 2.42. The van der Waals surface area contributed by atoms with Crippen LogP contribution in [-0.4, -0.2) is 33.5 Å². The molecule has 4 heteroatoms. The first-order valence-electron chi connectivity index (χ1n) is 6.62. The summed E-state index contributed by atoms with van der Waals surface area (Å²) in [7, 11) is 0. The average molecular weight is 252 g/mol. The Morgan fingerprint density at radius 1 is 1.17 bits per heavy atom. The van der Waals surface area contributed by atoms with Gasteiger partial charge < -0.3 is 14.9 Å². The van der Waals surface area contributed by atoms with Gasteiger partial charge in [0.2, 0.25) is 0 Å². The van der Waals surface area contributed by atoms with Crippen molar-refractivity contribution in [3.63, 3.8) is 0 Å². The number of ether oxygens (including phenoxy) is 1. The minimum Gasteiger partial charge on any atom is -0.458 e. The fourth-order valence-electron chi connectivity index (χ4n) is 4.43. The molecule has 4 bridgehead atoms. The second-order valence-corrected chi connectivity index (χ2v) is 6.61. The predicted octanol–water partition coefficient (Wildman–Crippen LogP) is 1.16. The van der Waals surface area contributed by atoms with E-state index in [0.717, 1.165) is 0 Å². The third kappa shape index (κ3) is 1.79. The Balaban J connectivity index is 1.80. The highest BCUT2D eigenvalue weighted by atomic mass is 16.5. The lowest BCUT2D eigenvalue weighted by atomic mass is 9.51. The van der Waals surface area contributed by atoms with Crippen molar-refractivity contribution in [3.05, 3.63) is 12.2 Å². The molecule has 0 spiro atoms. The van der Waals surface area contributed by atoms with Crippen LogP contribution < -0.4 is 0 Å². The molecule has 4 nitrogen and oxygen atoms in total. The maximum Gasteiger partial charge on any atom is 0.333 e. The molecule has 0 unspecified atom stereocenters. The Morgan fingerprint density at radius 3 is 2.00 bits per heavy atom. The van der Waals surface area contributed by atoms with E-state index in [1.54, 1.807) is 6.92 Å². The van der Waals surface area contributed by atoms with Gasteiger partial charge >= 0.3 is 5.97 Å². The number of hydrogen-bond acceptors (Lipinski definition) is 4. The van der Waals surface area contributed by atoms with Crippen molar-refractivity contribution in [1.29, 1.82) is 0 Å². The normalized spacial score (nSPS) is 49.2. The van der Waals surface area contributed by atoms with E-state index in [1.165, 1.54) is 0 Å². The molecule has 4 fully saturated rings. The fraction of sp³-hybridized carbons (Fsp3) is 0.786. The molecule has 4 aliphatic carbocycles. The molecular formula is C14H20O4. The molecule has 0 aromatic heterocycles. The van der Waals surface area contributed by atoms with Crippen LogP contribution in [0.2, 0.25) is 0 Å². The SMILES string of the molecule is C=C(C)C(=O)OC1C2CC3(O)CC1CC(O)(C2)C3. The van der Waals surface area contributed by atoms with E-state index in [9.17, 15) is 15.0 Å². The molecule has 18 heavy (non-hydrogen) atoms. The van der Waals surface area contributed by atoms with E-state index in [2.05, 4.69) is 6.58 Å². The van der Waals surface area contributed by atoms with E-state index < -0.39 is 11.2 Å². The maximum absolute atomic E-state index is 11.6. The summed E-state index contributed by atoms with van der Waals surface area (Å²) >= 11 is 0. The molecule has 0 atom stereocenters. The van der Waals surface area contributed by atoms with Crippen LogP contribution in [0.4, 0.5) is 0 Å². The number of carbonyl (C=O) groups excluding carboxylic acids is 1. The summed E-state index contributed by atoms with van der Waals surface area (Å²) in [6.07, 6.45) is 2.88. The molecule has 4 aliphatic rings. The Hall–Kier alpha value is -0.870. The van der Waals surface area contributed by atoms with E-state index in [4.69, 9.17) is 4.74 Å². The van der Waals surface area contributed by atoms with Crippen LogP contribution >= 0.6 is 0 Å². The van der Waals surface area contributed by atoms with Crippen LogP contribution in [0.1, 0.15) is 39.0 Å². The van der Waals surface area contributed by atoms with E-state index in [0.29, 0.717) is 37.7 Å². The number of aliphatic hydroxyl groups is 2. The standard InChI is InChI=1S/C14H20O4/c1-8(2)12(15)18-11-9-3-13(16)5-10(11)6-14(17,4-9)7-13/h9-11,16-17H,1,3-7H2,2H3. The largest absolute Gasteiger partial charge is 0.458 e. The topological polar surface area (TPSA) is 66.8 Å². The zero-order valence-corrected chi connectivity index (χ0v) is 10.7. The molecule has 2 N–H and O–H groups in total. The van der Waals surface area contributed by atoms with Gasteiger partial charge in [-0.1, -0.05) is 6.58 Å². The van der Waals surface area contributed by atoms with Gasteiger partial charge in [-0.3, -0.25) is 0 Å². The third-order valence-corrected chi connectivity index (χ3v) is 4.75. The molecule has 4 rings (SSSR count). The summed E-state index contributed by atoms with van der Waals surface area (Å²) in [6, 6.07) is 0. The molecule has 0 aliphatic heterocycles. The number of hydrogen-bond donors (Lipinski definition) is 2. The van der Waals surface area contributed by atoms with E-state index in [1.807, 2.05) is 0 Å². The summed E-state index contributed by atoms with van der Waals surface area (Å²) in [6.45, 7) is 5.23. The maximum atomic E-state index is 11.6. The van der Waals surface area contributed by atoms with Gasteiger partial charge in [-0.25, -0.2) is 4.79 Å². The lowest BCUT2D eigenvalue weighted by Crippen LogP contribution is -2.64. The zero-order chi connectivity index (χ0) is 13.1. The van der Waals surface area contributed by atoms with Crippen LogP contribution in [0, 0.1) is 11.8 Å². The first-order valence-corrected chi connectivity index (χ1v) is 6.62. The Bertz CT molecular complexity index is 378. The highest BCUT2D eigenvalue weighted by Crippen LogP contribution is 2.58. The summed E-state index contributed by atoms with van der Waals surface area (Å²) in [5.41, 5.74) is -1.08. The highest BCUT2D eigenvalue weighted by Gasteiger charge is 2.61. The van der Waals surface area contributed by atoms with Crippen molar-refractivity contribution in [2.24, 2.45) is 11.8 Å². The van der Waals surface area contributed by atoms with Gasteiger partial charge in [-0.05, 0) is 32.6 Å². The molecular weight excluding hydrogens is 232 g/mol. The minimum atomic E-state index is -0.743. The highest BCUT2D eigenvalue weighted by molar-refractivity contribution is 5.87. The molecule has 100 valence electrons. The lowest BCUT2D eigenvalue weighted by molar-refractivity contribution is -0.240. The Morgan fingerprint density at radius 2 is 1.61 bits per heavy atom. The molecule has 0 amide bonds. The van der Waals surface area contributed by atoms with Crippen molar-refractivity contribution in [2.75, 3.05) is 0 Å². The zero-order valence-electron chi connectivity index (χ0n) is 10.7. The van der Waals surface area contributed by atoms with Gasteiger partial charge in [0.25, 0.3) is 0 Å². The van der Waals surface area contributed by atoms with Crippen molar-refractivity contribution < 1.29 is 19.7 Å². The minimum absolute atomic E-state index is 0.0875. The van der Waals surface area contributed by atoms with Crippen LogP contribution in [0.15, 0.2) is 12.2 Å². The van der Waals surface area contributed by atoms with Crippen LogP contribution in [0.3, 0.4) is 0 Å². The van der Waals surface area contributed by atoms with E-state index in [-0.39, 0.29) is 23.9 Å². The van der Waals surface area contributed by atoms with Crippen LogP contribution in [-0.2, 0) is 9.53 Å². The quantitative estimate of drug-likeness (QED) is 0.571. The predicted molar refractivity (Wildman–Crippen MR) is 64.7 cm³/mol. The molecule has 4 saturated carbocycles. The number of rotatable bonds is 2.